The Bertz CT molecular complexity index is 3650. The van der Waals surface area contributed by atoms with Crippen LogP contribution in [0.1, 0.15) is 313 Å². The van der Waals surface area contributed by atoms with Crippen molar-refractivity contribution in [2.24, 2.45) is 0 Å². The second kappa shape index (κ2) is 34.0. The molecule has 2 heteroatoms. The van der Waals surface area contributed by atoms with E-state index in [-0.39, 0.29) is 10.8 Å². The molecular formula is C98H124N2. The van der Waals surface area contributed by atoms with Gasteiger partial charge in [-0.15, -0.1) is 0 Å². The molecule has 526 valence electrons. The molecule has 0 radical (unpaired) electrons. The fourth-order valence-corrected chi connectivity index (χ4v) is 16.6. The van der Waals surface area contributed by atoms with Gasteiger partial charge in [0.05, 0.1) is 33.6 Å². The van der Waals surface area contributed by atoms with Gasteiger partial charge in [-0.1, -0.05) is 319 Å². The van der Waals surface area contributed by atoms with Crippen molar-refractivity contribution in [3.63, 3.8) is 0 Å². The van der Waals surface area contributed by atoms with Gasteiger partial charge in [0.2, 0.25) is 0 Å². The highest BCUT2D eigenvalue weighted by molar-refractivity contribution is 5.97. The van der Waals surface area contributed by atoms with E-state index in [2.05, 4.69) is 287 Å². The summed E-state index contributed by atoms with van der Waals surface area (Å²) in [5.74, 6) is 0. The van der Waals surface area contributed by atoms with Crippen LogP contribution in [0.25, 0.3) is 0 Å². The molecule has 11 rings (SSSR count). The van der Waals surface area contributed by atoms with Crippen molar-refractivity contribution in [2.75, 3.05) is 9.80 Å². The lowest BCUT2D eigenvalue weighted by Crippen LogP contribution is -2.41. The monoisotopic (exact) mass is 1330 g/mol. The van der Waals surface area contributed by atoms with Crippen molar-refractivity contribution in [3.05, 3.63) is 283 Å². The van der Waals surface area contributed by atoms with E-state index >= 15 is 0 Å². The van der Waals surface area contributed by atoms with Crippen LogP contribution in [-0.4, -0.2) is 0 Å². The van der Waals surface area contributed by atoms with Gasteiger partial charge < -0.3 is 9.80 Å². The summed E-state index contributed by atoms with van der Waals surface area (Å²) in [4.78, 5) is 5.45. The molecule has 0 aliphatic carbocycles. The Morgan fingerprint density at radius 1 is 0.240 bits per heavy atom. The second-order valence-electron chi connectivity index (χ2n) is 31.6. The van der Waals surface area contributed by atoms with Gasteiger partial charge in [-0.2, -0.15) is 0 Å². The lowest BCUT2D eigenvalue weighted by atomic mass is 9.58. The first-order valence-electron chi connectivity index (χ1n) is 40.4. The van der Waals surface area contributed by atoms with E-state index in [1.807, 2.05) is 0 Å². The molecule has 0 saturated heterocycles. The first-order valence-corrected chi connectivity index (χ1v) is 40.4. The van der Waals surface area contributed by atoms with Crippen LogP contribution in [0, 0.1) is 0 Å². The summed E-state index contributed by atoms with van der Waals surface area (Å²) in [5, 5.41) is 0. The molecule has 2 nitrogen and oxygen atoms in total. The minimum absolute atomic E-state index is 0.0853. The highest BCUT2D eigenvalue weighted by atomic mass is 15.2. The Morgan fingerprint density at radius 2 is 0.480 bits per heavy atom. The van der Waals surface area contributed by atoms with E-state index in [0.717, 1.165) is 51.4 Å². The number of benzene rings is 9. The van der Waals surface area contributed by atoms with Crippen LogP contribution in [0.4, 0.5) is 34.1 Å². The van der Waals surface area contributed by atoms with Crippen molar-refractivity contribution in [1.82, 2.24) is 0 Å². The van der Waals surface area contributed by atoms with Crippen LogP contribution in [0.5, 0.6) is 0 Å². The highest BCUT2D eigenvalue weighted by Gasteiger charge is 2.53. The molecule has 0 aromatic heterocycles. The molecule has 9 aromatic rings. The second-order valence-corrected chi connectivity index (χ2v) is 31.6. The van der Waals surface area contributed by atoms with Crippen LogP contribution in [0.2, 0.25) is 0 Å². The van der Waals surface area contributed by atoms with Crippen molar-refractivity contribution >= 4 is 34.1 Å². The average Bonchev–Trinajstić information content (AvgIpc) is 0.674. The summed E-state index contributed by atoms with van der Waals surface area (Å²) in [5.41, 5.74) is 27.4. The number of fused-ring (bicyclic) bond motifs is 4. The summed E-state index contributed by atoms with van der Waals surface area (Å²) in [6.07, 6.45) is 33.1. The number of hydrogen-bond acceptors (Lipinski definition) is 2. The first-order chi connectivity index (χ1) is 48.7. The Morgan fingerprint density at radius 3 is 0.730 bits per heavy atom. The van der Waals surface area contributed by atoms with E-state index in [1.165, 1.54) is 252 Å². The molecule has 0 saturated carbocycles. The molecule has 0 N–H and O–H groups in total. The van der Waals surface area contributed by atoms with E-state index in [1.54, 1.807) is 0 Å². The van der Waals surface area contributed by atoms with Gasteiger partial charge in [0.15, 0.2) is 0 Å². The molecule has 0 spiro atoms. The smallest absolute Gasteiger partial charge is 0.0743 e. The number of rotatable bonds is 36. The van der Waals surface area contributed by atoms with Gasteiger partial charge in [0, 0.05) is 11.4 Å². The van der Waals surface area contributed by atoms with Crippen LogP contribution < -0.4 is 9.80 Å². The summed E-state index contributed by atoms with van der Waals surface area (Å²) in [7, 11) is 0. The zero-order valence-electron chi connectivity index (χ0n) is 64.2. The lowest BCUT2D eigenvalue weighted by Gasteiger charge is -2.51. The first kappa shape index (κ1) is 73.8. The third-order valence-corrected chi connectivity index (χ3v) is 23.9. The molecule has 0 bridgehead atoms. The SMILES string of the molecule is CCCCCCc1ccc(C2(c3ccc(CCCCCC)cc3)c3cc(C(C)(C)CC)ccc3N(c3ccc(CCCC)cc3)c3cc4c(cc32)N(c2ccc(CCCC)cc2)c2ccc(C(C)(C)CC)cc2C4(c2ccc(CCCCCC)cc2)c2ccc(CCCCCC)cc2)cc1. The maximum absolute atomic E-state index is 2.77. The topological polar surface area (TPSA) is 6.48 Å². The molecule has 0 atom stereocenters. The van der Waals surface area contributed by atoms with E-state index in [4.69, 9.17) is 0 Å². The van der Waals surface area contributed by atoms with Crippen molar-refractivity contribution < 1.29 is 0 Å². The predicted octanol–water partition coefficient (Wildman–Crippen LogP) is 28.6. The number of nitrogens with zero attached hydrogens (tertiary/aromatic N) is 2. The Balaban J connectivity index is 1.33. The lowest BCUT2D eigenvalue weighted by molar-refractivity contribution is 0.504. The van der Waals surface area contributed by atoms with Gasteiger partial charge >= 0.3 is 0 Å². The van der Waals surface area contributed by atoms with Gasteiger partial charge in [0.1, 0.15) is 0 Å². The highest BCUT2D eigenvalue weighted by Crippen LogP contribution is 2.65. The maximum Gasteiger partial charge on any atom is 0.0743 e. The minimum atomic E-state index is -0.773. The van der Waals surface area contributed by atoms with Crippen LogP contribution >= 0.6 is 0 Å². The molecule has 100 heavy (non-hydrogen) atoms. The largest absolute Gasteiger partial charge is 0.310 e. The maximum atomic E-state index is 2.77. The summed E-state index contributed by atoms with van der Waals surface area (Å²) in [6.45, 7) is 28.6. The fourth-order valence-electron chi connectivity index (χ4n) is 16.6. The van der Waals surface area contributed by atoms with E-state index in [9.17, 15) is 0 Å². The predicted molar refractivity (Wildman–Crippen MR) is 435 cm³/mol. The standard InChI is InChI=1S/C98H124N2/c1-13-21-27-31-37-75-41-53-79(54-42-75)97(80-55-43-76(44-56-80)38-32-28-22-14-2)87-69-83(95(9,10)19-7)61-67-91(87)99(85-63-49-73(50-64-85)35-25-17-5)93-72-90-94(71-89(93)97)100(86-65-51-74(52-66-86)36-26-18-6)92-68-62-84(96(11,12)20-8)70-88(92)98(90,81-57-45-77(46-58-81)39-33-29-23-15-3)82-59-47-78(48-60-82)40-34-30-24-16-4/h41-72H,13-40H2,1-12H3. The Hall–Kier alpha value is -7.42. The third-order valence-electron chi connectivity index (χ3n) is 23.9. The summed E-state index contributed by atoms with van der Waals surface area (Å²) < 4.78 is 0. The molecule has 2 aliphatic rings. The van der Waals surface area contributed by atoms with Gasteiger partial charge in [-0.25, -0.2) is 0 Å². The number of hydrogen-bond donors (Lipinski definition) is 0. The molecule has 0 fully saturated rings. The van der Waals surface area contributed by atoms with Crippen molar-refractivity contribution in [3.8, 4) is 0 Å². The minimum Gasteiger partial charge on any atom is -0.310 e. The fraction of sp³-hybridized carbons (Fsp3) is 0.449. The van der Waals surface area contributed by atoms with Crippen LogP contribution in [0.3, 0.4) is 0 Å². The molecule has 0 unspecified atom stereocenters. The normalized spacial score (nSPS) is 13.8. The summed E-state index contributed by atoms with van der Waals surface area (Å²) >= 11 is 0. The zero-order chi connectivity index (χ0) is 70.3. The Labute approximate surface area is 607 Å². The molecule has 2 aliphatic heterocycles. The zero-order valence-corrected chi connectivity index (χ0v) is 64.2. The van der Waals surface area contributed by atoms with Crippen LogP contribution in [0.15, 0.2) is 194 Å². The van der Waals surface area contributed by atoms with Crippen LogP contribution in [-0.2, 0) is 60.2 Å². The van der Waals surface area contributed by atoms with Gasteiger partial charge in [-0.3, -0.25) is 0 Å². The number of unbranched alkanes of at least 4 members (excludes halogenated alkanes) is 14. The molecule has 2 heterocycles. The van der Waals surface area contributed by atoms with Crippen molar-refractivity contribution in [2.45, 2.75) is 285 Å². The Kier molecular flexibility index (Phi) is 25.1. The summed E-state index contributed by atoms with van der Waals surface area (Å²) in [6, 6.07) is 81.1. The molecule has 9 aromatic carbocycles. The molecule has 0 amide bonds. The number of anilines is 6. The average molecular weight is 1330 g/mol. The number of aryl methyl sites for hydroxylation is 6. The molecular weight excluding hydrogens is 1210 g/mol. The van der Waals surface area contributed by atoms with Gasteiger partial charge in [-0.05, 0) is 238 Å². The van der Waals surface area contributed by atoms with E-state index in [0.29, 0.717) is 0 Å². The van der Waals surface area contributed by atoms with E-state index < -0.39 is 10.8 Å². The quantitative estimate of drug-likeness (QED) is 0.0361. The van der Waals surface area contributed by atoms with Gasteiger partial charge in [0.25, 0.3) is 0 Å². The van der Waals surface area contributed by atoms with Crippen molar-refractivity contribution in [1.29, 1.82) is 0 Å². The third kappa shape index (κ3) is 15.5.